The molecular weight excluding hydrogens is 402 g/mol. The molecule has 0 heterocycles. The SMILES string of the molecule is C=C1C[C@@]2(C)[C@@H](CC[C@]2(C)O)[C@@H]2CCC3=CC(=NNS(C)(=O)=O)C(=NO)C[C@]3(C)[C@@H]12. The zero-order valence-corrected chi connectivity index (χ0v) is 19.1. The van der Waals surface area contributed by atoms with Crippen molar-refractivity contribution >= 4 is 21.4 Å². The molecule has 4 aliphatic rings. The lowest BCUT2D eigenvalue weighted by molar-refractivity contribution is -0.0948. The van der Waals surface area contributed by atoms with E-state index in [2.05, 4.69) is 35.5 Å². The second kappa shape index (κ2) is 6.66. The summed E-state index contributed by atoms with van der Waals surface area (Å²) in [4.78, 5) is 2.15. The van der Waals surface area contributed by atoms with Crippen molar-refractivity contribution < 1.29 is 18.7 Å². The normalized spacial score (nSPS) is 46.2. The van der Waals surface area contributed by atoms with Gasteiger partial charge in [0.25, 0.3) is 0 Å². The van der Waals surface area contributed by atoms with E-state index in [-0.39, 0.29) is 16.7 Å². The zero-order chi connectivity index (χ0) is 22.1. The third-order valence-electron chi connectivity index (χ3n) is 8.73. The minimum absolute atomic E-state index is 0.155. The van der Waals surface area contributed by atoms with Gasteiger partial charge in [-0.3, -0.25) is 0 Å². The maximum atomic E-state index is 11.5. The number of oxime groups is 1. The number of rotatable bonds is 2. The highest BCUT2D eigenvalue weighted by molar-refractivity contribution is 7.88. The Hall–Kier alpha value is -1.67. The van der Waals surface area contributed by atoms with E-state index in [4.69, 9.17) is 0 Å². The van der Waals surface area contributed by atoms with Gasteiger partial charge < -0.3 is 10.3 Å². The van der Waals surface area contributed by atoms with Gasteiger partial charge in [-0.25, -0.2) is 13.2 Å². The summed E-state index contributed by atoms with van der Waals surface area (Å²) < 4.78 is 22.9. The molecule has 30 heavy (non-hydrogen) atoms. The number of nitrogens with zero attached hydrogens (tertiary/aromatic N) is 2. The molecule has 0 spiro atoms. The molecule has 0 aromatic carbocycles. The van der Waals surface area contributed by atoms with Crippen LogP contribution in [-0.2, 0) is 10.0 Å². The summed E-state index contributed by atoms with van der Waals surface area (Å²) in [6.45, 7) is 10.9. The van der Waals surface area contributed by atoms with Crippen molar-refractivity contribution in [3.63, 3.8) is 0 Å². The van der Waals surface area contributed by atoms with Gasteiger partial charge in [0.2, 0.25) is 10.0 Å². The van der Waals surface area contributed by atoms with E-state index in [1.165, 1.54) is 11.1 Å². The first-order valence-corrected chi connectivity index (χ1v) is 12.6. The minimum Gasteiger partial charge on any atom is -0.411 e. The summed E-state index contributed by atoms with van der Waals surface area (Å²) >= 11 is 0. The highest BCUT2D eigenvalue weighted by Gasteiger charge is 2.63. The van der Waals surface area contributed by atoms with Crippen molar-refractivity contribution in [3.8, 4) is 0 Å². The van der Waals surface area contributed by atoms with Crippen molar-refractivity contribution in [2.24, 2.45) is 38.8 Å². The number of fused-ring (bicyclic) bond motifs is 5. The lowest BCUT2D eigenvalue weighted by Crippen LogP contribution is -2.55. The van der Waals surface area contributed by atoms with Crippen LogP contribution in [-0.4, -0.2) is 42.0 Å². The van der Waals surface area contributed by atoms with E-state index in [9.17, 15) is 18.7 Å². The third-order valence-corrected chi connectivity index (χ3v) is 9.15. The fraction of sp³-hybridized carbons (Fsp3) is 0.727. The number of nitrogens with one attached hydrogen (secondary N) is 1. The molecular formula is C22H33N3O4S. The third kappa shape index (κ3) is 3.06. The summed E-state index contributed by atoms with van der Waals surface area (Å²) in [5, 5.41) is 28.2. The molecule has 3 saturated carbocycles. The molecule has 0 radical (unpaired) electrons. The molecule has 7 nitrogen and oxygen atoms in total. The number of sulfonamides is 1. The van der Waals surface area contributed by atoms with Gasteiger partial charge in [0.1, 0.15) is 11.4 Å². The van der Waals surface area contributed by atoms with Gasteiger partial charge in [-0.15, -0.1) is 0 Å². The van der Waals surface area contributed by atoms with Crippen LogP contribution in [0.5, 0.6) is 0 Å². The molecule has 0 amide bonds. The molecule has 0 saturated heterocycles. The largest absolute Gasteiger partial charge is 0.411 e. The fourth-order valence-corrected chi connectivity index (χ4v) is 7.39. The monoisotopic (exact) mass is 435 g/mol. The quantitative estimate of drug-likeness (QED) is 0.351. The predicted octanol–water partition coefficient (Wildman–Crippen LogP) is 3.21. The summed E-state index contributed by atoms with van der Waals surface area (Å²) in [5.74, 6) is 1.11. The molecule has 6 atom stereocenters. The first-order valence-electron chi connectivity index (χ1n) is 10.7. The molecule has 0 aliphatic heterocycles. The summed E-state index contributed by atoms with van der Waals surface area (Å²) in [6, 6.07) is 0. The van der Waals surface area contributed by atoms with E-state index >= 15 is 0 Å². The average Bonchev–Trinajstić information content (AvgIpc) is 2.87. The topological polar surface area (TPSA) is 111 Å². The Morgan fingerprint density at radius 3 is 2.57 bits per heavy atom. The Kier molecular flexibility index (Phi) is 4.79. The predicted molar refractivity (Wildman–Crippen MR) is 117 cm³/mol. The van der Waals surface area contributed by atoms with E-state index in [1.807, 2.05) is 13.0 Å². The van der Waals surface area contributed by atoms with Crippen LogP contribution in [0, 0.1) is 28.6 Å². The Morgan fingerprint density at radius 2 is 1.93 bits per heavy atom. The van der Waals surface area contributed by atoms with E-state index in [0.717, 1.165) is 38.4 Å². The first-order chi connectivity index (χ1) is 13.8. The van der Waals surface area contributed by atoms with Crippen LogP contribution in [0.3, 0.4) is 0 Å². The Bertz CT molecular complexity index is 980. The number of allylic oxidation sites excluding steroid dienone is 3. The Balaban J connectivity index is 1.74. The first kappa shape index (κ1) is 21.6. The van der Waals surface area contributed by atoms with Crippen molar-refractivity contribution in [2.45, 2.75) is 64.9 Å². The van der Waals surface area contributed by atoms with Crippen molar-refractivity contribution in [2.75, 3.05) is 6.26 Å². The second-order valence-corrected chi connectivity index (χ2v) is 12.2. The lowest BCUT2D eigenvalue weighted by Gasteiger charge is -2.59. The summed E-state index contributed by atoms with van der Waals surface area (Å²) in [6.07, 6.45) is 7.96. The molecule has 3 fully saturated rings. The van der Waals surface area contributed by atoms with Gasteiger partial charge in [-0.05, 0) is 62.9 Å². The standard InChI is InChI=1S/C22H33N3O4S/c1-13-11-21(3)16(8-9-22(21,4)26)15-7-6-14-10-17(23-25-30(5,28)29)18(24-27)12-20(14,2)19(13)15/h10,15-16,19,25-27H,1,6-9,11-12H2,2-5H3/t15-,16-,19-,20-,21-,22-/m0/s1. The minimum atomic E-state index is -3.50. The zero-order valence-electron chi connectivity index (χ0n) is 18.3. The van der Waals surface area contributed by atoms with Crippen LogP contribution in [0.1, 0.15) is 59.3 Å². The van der Waals surface area contributed by atoms with E-state index in [0.29, 0.717) is 29.7 Å². The number of hydrazone groups is 1. The van der Waals surface area contributed by atoms with E-state index < -0.39 is 15.6 Å². The molecule has 0 unspecified atom stereocenters. The van der Waals surface area contributed by atoms with Crippen molar-refractivity contribution in [3.05, 3.63) is 23.8 Å². The molecule has 8 heteroatoms. The highest BCUT2D eigenvalue weighted by atomic mass is 32.2. The van der Waals surface area contributed by atoms with Crippen LogP contribution in [0.25, 0.3) is 0 Å². The Labute approximate surface area is 179 Å². The number of hydrogen-bond donors (Lipinski definition) is 3. The fourth-order valence-electron chi connectivity index (χ4n) is 7.13. The Morgan fingerprint density at radius 1 is 1.23 bits per heavy atom. The van der Waals surface area contributed by atoms with Gasteiger partial charge in [0, 0.05) is 17.3 Å². The molecule has 0 aromatic rings. The van der Waals surface area contributed by atoms with Gasteiger partial charge in [-0.2, -0.15) is 5.10 Å². The van der Waals surface area contributed by atoms with Crippen LogP contribution in [0.15, 0.2) is 34.1 Å². The highest BCUT2D eigenvalue weighted by Crippen LogP contribution is 2.68. The van der Waals surface area contributed by atoms with E-state index in [1.54, 1.807) is 0 Å². The lowest BCUT2D eigenvalue weighted by atomic mass is 9.45. The van der Waals surface area contributed by atoms with Gasteiger partial charge in [-0.1, -0.05) is 36.7 Å². The number of aliphatic hydroxyl groups is 1. The van der Waals surface area contributed by atoms with Crippen molar-refractivity contribution in [1.82, 2.24) is 4.83 Å². The molecule has 0 bridgehead atoms. The summed E-state index contributed by atoms with van der Waals surface area (Å²) in [5.41, 5.74) is 2.05. The van der Waals surface area contributed by atoms with Crippen molar-refractivity contribution in [1.29, 1.82) is 0 Å². The average molecular weight is 436 g/mol. The second-order valence-electron chi connectivity index (χ2n) is 10.5. The van der Waals surface area contributed by atoms with Crippen LogP contribution in [0.4, 0.5) is 0 Å². The van der Waals surface area contributed by atoms with Gasteiger partial charge >= 0.3 is 0 Å². The van der Waals surface area contributed by atoms with Crippen LogP contribution < -0.4 is 4.83 Å². The summed E-state index contributed by atoms with van der Waals surface area (Å²) in [7, 11) is -3.50. The maximum absolute atomic E-state index is 11.5. The van der Waals surface area contributed by atoms with Crippen LogP contribution >= 0.6 is 0 Å². The van der Waals surface area contributed by atoms with Gasteiger partial charge in [0.15, 0.2) is 0 Å². The number of hydrogen-bond acceptors (Lipinski definition) is 6. The molecule has 4 aliphatic carbocycles. The molecule has 166 valence electrons. The maximum Gasteiger partial charge on any atom is 0.244 e. The van der Waals surface area contributed by atoms with Crippen LogP contribution in [0.2, 0.25) is 0 Å². The molecule has 4 rings (SSSR count). The molecule has 0 aromatic heterocycles. The van der Waals surface area contributed by atoms with Gasteiger partial charge in [0.05, 0.1) is 11.9 Å². The smallest absolute Gasteiger partial charge is 0.244 e. The molecule has 3 N–H and O–H groups in total.